The molecule has 0 saturated carbocycles. The van der Waals surface area contributed by atoms with Gasteiger partial charge in [0.05, 0.1) is 25.2 Å². The summed E-state index contributed by atoms with van der Waals surface area (Å²) in [5, 5.41) is 0.374. The molecular formula is C17H18Cl2O2. The van der Waals surface area contributed by atoms with Gasteiger partial charge in [-0.05, 0) is 48.7 Å². The Kier molecular flexibility index (Phi) is 5.02. The highest BCUT2D eigenvalue weighted by atomic mass is 35.5. The molecule has 0 spiro atoms. The first-order valence-corrected chi connectivity index (χ1v) is 7.42. The summed E-state index contributed by atoms with van der Waals surface area (Å²) in [5.74, 6) is 1.42. The van der Waals surface area contributed by atoms with Crippen molar-refractivity contribution >= 4 is 23.2 Å². The maximum absolute atomic E-state index is 6.73. The standard InChI is InChI=1S/C17H18Cl2O2/c1-10-9-13(18)11(2)8-12(10)17(19)16-14(20-3)6-5-7-15(16)21-4/h5-9,17H,1-4H3. The van der Waals surface area contributed by atoms with Crippen molar-refractivity contribution in [2.75, 3.05) is 14.2 Å². The average molecular weight is 325 g/mol. The number of hydrogen-bond donors (Lipinski definition) is 0. The number of methoxy groups -OCH3 is 2. The van der Waals surface area contributed by atoms with Gasteiger partial charge in [-0.1, -0.05) is 23.7 Å². The molecule has 0 fully saturated rings. The molecule has 0 amide bonds. The molecule has 0 radical (unpaired) electrons. The van der Waals surface area contributed by atoms with Gasteiger partial charge in [-0.2, -0.15) is 0 Å². The van der Waals surface area contributed by atoms with Gasteiger partial charge in [0.1, 0.15) is 11.5 Å². The van der Waals surface area contributed by atoms with E-state index in [1.807, 2.05) is 44.2 Å². The molecule has 0 N–H and O–H groups in total. The summed E-state index contributed by atoms with van der Waals surface area (Å²) in [6.45, 7) is 3.96. The first kappa shape index (κ1) is 16.0. The topological polar surface area (TPSA) is 18.5 Å². The van der Waals surface area contributed by atoms with E-state index in [9.17, 15) is 0 Å². The van der Waals surface area contributed by atoms with E-state index in [0.717, 1.165) is 27.3 Å². The van der Waals surface area contributed by atoms with E-state index < -0.39 is 0 Å². The quantitative estimate of drug-likeness (QED) is 0.710. The van der Waals surface area contributed by atoms with Crippen LogP contribution < -0.4 is 9.47 Å². The van der Waals surface area contributed by atoms with Crippen LogP contribution >= 0.6 is 23.2 Å². The first-order chi connectivity index (χ1) is 9.99. The van der Waals surface area contributed by atoms with E-state index in [1.54, 1.807) is 14.2 Å². The van der Waals surface area contributed by atoms with Gasteiger partial charge >= 0.3 is 0 Å². The fourth-order valence-corrected chi connectivity index (χ4v) is 3.03. The van der Waals surface area contributed by atoms with Crippen LogP contribution in [0.1, 0.15) is 27.6 Å². The first-order valence-electron chi connectivity index (χ1n) is 6.61. The van der Waals surface area contributed by atoms with Crippen LogP contribution in [-0.2, 0) is 0 Å². The Bertz CT molecular complexity index is 631. The van der Waals surface area contributed by atoms with Crippen LogP contribution in [-0.4, -0.2) is 14.2 Å². The van der Waals surface area contributed by atoms with Crippen LogP contribution in [0.2, 0.25) is 5.02 Å². The van der Waals surface area contributed by atoms with Crippen molar-refractivity contribution in [3.05, 3.63) is 57.6 Å². The minimum atomic E-state index is -0.368. The molecule has 2 aromatic carbocycles. The lowest BCUT2D eigenvalue weighted by molar-refractivity contribution is 0.386. The Hall–Kier alpha value is -1.38. The summed E-state index contributed by atoms with van der Waals surface area (Å²) in [4.78, 5) is 0. The predicted octanol–water partition coefficient (Wildman–Crippen LogP) is 5.30. The lowest BCUT2D eigenvalue weighted by atomic mass is 9.97. The fourth-order valence-electron chi connectivity index (χ4n) is 2.36. The van der Waals surface area contributed by atoms with E-state index in [4.69, 9.17) is 32.7 Å². The molecular weight excluding hydrogens is 307 g/mol. The largest absolute Gasteiger partial charge is 0.496 e. The van der Waals surface area contributed by atoms with Crippen LogP contribution in [0.4, 0.5) is 0 Å². The lowest BCUT2D eigenvalue weighted by Crippen LogP contribution is -2.03. The number of rotatable bonds is 4. The lowest BCUT2D eigenvalue weighted by Gasteiger charge is -2.20. The van der Waals surface area contributed by atoms with Crippen molar-refractivity contribution in [2.45, 2.75) is 19.2 Å². The molecule has 2 nitrogen and oxygen atoms in total. The predicted molar refractivity (Wildman–Crippen MR) is 88.2 cm³/mol. The Morgan fingerprint density at radius 3 is 2.05 bits per heavy atom. The Morgan fingerprint density at radius 1 is 0.952 bits per heavy atom. The fraction of sp³-hybridized carbons (Fsp3) is 0.294. The zero-order chi connectivity index (χ0) is 15.6. The van der Waals surface area contributed by atoms with E-state index in [0.29, 0.717) is 11.5 Å². The van der Waals surface area contributed by atoms with Gasteiger partial charge in [0.15, 0.2) is 0 Å². The van der Waals surface area contributed by atoms with Crippen LogP contribution in [0.3, 0.4) is 0 Å². The molecule has 2 rings (SSSR count). The Balaban J connectivity index is 2.59. The third-order valence-corrected chi connectivity index (χ3v) is 4.40. The second kappa shape index (κ2) is 6.59. The van der Waals surface area contributed by atoms with Crippen molar-refractivity contribution < 1.29 is 9.47 Å². The van der Waals surface area contributed by atoms with E-state index in [-0.39, 0.29) is 5.38 Å². The average Bonchev–Trinajstić information content (AvgIpc) is 2.49. The Morgan fingerprint density at radius 2 is 1.52 bits per heavy atom. The van der Waals surface area contributed by atoms with Gasteiger partial charge in [-0.3, -0.25) is 0 Å². The molecule has 112 valence electrons. The molecule has 0 aromatic heterocycles. The highest BCUT2D eigenvalue weighted by molar-refractivity contribution is 6.31. The summed E-state index contributed by atoms with van der Waals surface area (Å²) >= 11 is 12.9. The van der Waals surface area contributed by atoms with E-state index in [2.05, 4.69) is 0 Å². The van der Waals surface area contributed by atoms with Crippen LogP contribution in [0.25, 0.3) is 0 Å². The Labute approximate surface area is 135 Å². The van der Waals surface area contributed by atoms with Crippen LogP contribution in [0.5, 0.6) is 11.5 Å². The molecule has 0 aliphatic heterocycles. The maximum atomic E-state index is 6.73. The molecule has 21 heavy (non-hydrogen) atoms. The van der Waals surface area contributed by atoms with Gasteiger partial charge in [0.25, 0.3) is 0 Å². The molecule has 0 heterocycles. The van der Waals surface area contributed by atoms with Crippen molar-refractivity contribution in [1.82, 2.24) is 0 Å². The van der Waals surface area contributed by atoms with Crippen molar-refractivity contribution in [3.8, 4) is 11.5 Å². The smallest absolute Gasteiger partial charge is 0.127 e. The number of alkyl halides is 1. The highest BCUT2D eigenvalue weighted by Gasteiger charge is 2.22. The number of aryl methyl sites for hydroxylation is 2. The van der Waals surface area contributed by atoms with Gasteiger partial charge in [-0.15, -0.1) is 11.6 Å². The van der Waals surface area contributed by atoms with Gasteiger partial charge in [0.2, 0.25) is 0 Å². The summed E-state index contributed by atoms with van der Waals surface area (Å²) in [6, 6.07) is 9.59. The van der Waals surface area contributed by atoms with Gasteiger partial charge in [0, 0.05) is 5.02 Å². The highest BCUT2D eigenvalue weighted by Crippen LogP contribution is 2.42. The van der Waals surface area contributed by atoms with Crippen LogP contribution in [0, 0.1) is 13.8 Å². The van der Waals surface area contributed by atoms with Gasteiger partial charge < -0.3 is 9.47 Å². The van der Waals surface area contributed by atoms with Gasteiger partial charge in [-0.25, -0.2) is 0 Å². The third kappa shape index (κ3) is 3.12. The van der Waals surface area contributed by atoms with Crippen molar-refractivity contribution in [2.24, 2.45) is 0 Å². The van der Waals surface area contributed by atoms with Crippen molar-refractivity contribution in [3.63, 3.8) is 0 Å². The van der Waals surface area contributed by atoms with E-state index >= 15 is 0 Å². The molecule has 0 saturated heterocycles. The molecule has 2 aromatic rings. The van der Waals surface area contributed by atoms with Crippen LogP contribution in [0.15, 0.2) is 30.3 Å². The molecule has 0 aliphatic rings. The number of halogens is 2. The number of hydrogen-bond acceptors (Lipinski definition) is 2. The van der Waals surface area contributed by atoms with E-state index in [1.165, 1.54) is 0 Å². The summed E-state index contributed by atoms with van der Waals surface area (Å²) in [5.41, 5.74) is 3.87. The monoisotopic (exact) mass is 324 g/mol. The summed E-state index contributed by atoms with van der Waals surface area (Å²) < 4.78 is 10.9. The molecule has 0 bridgehead atoms. The van der Waals surface area contributed by atoms with Crippen molar-refractivity contribution in [1.29, 1.82) is 0 Å². The minimum Gasteiger partial charge on any atom is -0.496 e. The number of ether oxygens (including phenoxy) is 2. The maximum Gasteiger partial charge on any atom is 0.127 e. The molecule has 1 unspecified atom stereocenters. The summed E-state index contributed by atoms with van der Waals surface area (Å²) in [6.07, 6.45) is 0. The zero-order valence-electron chi connectivity index (χ0n) is 12.5. The minimum absolute atomic E-state index is 0.368. The second-order valence-electron chi connectivity index (χ2n) is 4.90. The summed E-state index contributed by atoms with van der Waals surface area (Å²) in [7, 11) is 3.25. The second-order valence-corrected chi connectivity index (χ2v) is 5.74. The normalized spacial score (nSPS) is 12.1. The zero-order valence-corrected chi connectivity index (χ0v) is 14.0. The number of benzene rings is 2. The molecule has 0 aliphatic carbocycles. The third-order valence-electron chi connectivity index (χ3n) is 3.54. The molecule has 4 heteroatoms. The SMILES string of the molecule is COc1cccc(OC)c1C(Cl)c1cc(C)c(Cl)cc1C. The molecule has 1 atom stereocenters.